The van der Waals surface area contributed by atoms with Gasteiger partial charge in [0.1, 0.15) is 11.6 Å². The quantitative estimate of drug-likeness (QED) is 0.160. The van der Waals surface area contributed by atoms with E-state index in [0.717, 1.165) is 132 Å². The van der Waals surface area contributed by atoms with Crippen molar-refractivity contribution < 1.29 is 42.1 Å². The molecule has 0 amide bonds. The molecule has 0 spiro atoms. The standard InChI is InChI=1S/C61H32N10.2Pt/c1-7-19-51-39(13-1)43-25-23-37(31-53(43)69(51)59-21-9-11-27-62-59)67-49-17-5-3-15-41(49)45-33-47-48-34-46-42-16-4-6-18-50(42)68(56(46)36-58(48)71(57(47)35-55(45)67)61-64-29-30-65-66-61)38-24-26-44-40-14-2-8-20-52(40)70(54(44)32-38)60-22-10-12-28-63-60;;/h1-30,33-34H;;/q-4;2*+2. The van der Waals surface area contributed by atoms with E-state index in [0.29, 0.717) is 5.95 Å². The van der Waals surface area contributed by atoms with Crippen LogP contribution in [0.3, 0.4) is 0 Å². The number of benzene rings is 8. The van der Waals surface area contributed by atoms with Gasteiger partial charge in [-0.25, -0.2) is 15.0 Å². The van der Waals surface area contributed by atoms with Gasteiger partial charge < -0.3 is 22.8 Å². The molecule has 12 heteroatoms. The third-order valence-corrected chi connectivity index (χ3v) is 14.2. The van der Waals surface area contributed by atoms with Crippen LogP contribution in [0.5, 0.6) is 0 Å². The van der Waals surface area contributed by atoms with Crippen LogP contribution in [-0.2, 0) is 42.1 Å². The van der Waals surface area contributed by atoms with Crippen LogP contribution in [-0.4, -0.2) is 48.0 Å². The van der Waals surface area contributed by atoms with Crippen molar-refractivity contribution in [1.82, 2.24) is 48.0 Å². The summed E-state index contributed by atoms with van der Waals surface area (Å²) < 4.78 is 11.0. The first-order chi connectivity index (χ1) is 35.2. The van der Waals surface area contributed by atoms with Gasteiger partial charge in [-0.1, -0.05) is 129 Å². The Kier molecular flexibility index (Phi) is 9.78. The first-order valence-corrected chi connectivity index (χ1v) is 23.4. The number of nitrogens with zero attached hydrogens (tertiary/aromatic N) is 10. The molecular weight excluding hydrogens is 1260 g/mol. The van der Waals surface area contributed by atoms with Crippen LogP contribution >= 0.6 is 0 Å². The van der Waals surface area contributed by atoms with Crippen molar-refractivity contribution >= 4 is 109 Å². The first kappa shape index (κ1) is 43.3. The summed E-state index contributed by atoms with van der Waals surface area (Å²) in [5.74, 6) is 2.09. The molecule has 0 aliphatic heterocycles. The number of para-hydroxylation sites is 4. The minimum absolute atomic E-state index is 0. The van der Waals surface area contributed by atoms with Crippen LogP contribution in [0.1, 0.15) is 0 Å². The molecule has 0 atom stereocenters. The number of hydrogen-bond donors (Lipinski definition) is 0. The van der Waals surface area contributed by atoms with Gasteiger partial charge in [0.2, 0.25) is 0 Å². The summed E-state index contributed by atoms with van der Waals surface area (Å²) in [6.07, 6.45) is 6.95. The first-order valence-electron chi connectivity index (χ1n) is 23.4. The maximum absolute atomic E-state index is 4.82. The van der Waals surface area contributed by atoms with Gasteiger partial charge in [0, 0.05) is 34.5 Å². The van der Waals surface area contributed by atoms with Gasteiger partial charge in [-0.05, 0) is 70.1 Å². The van der Waals surface area contributed by atoms with Gasteiger partial charge in [0.15, 0.2) is 0 Å². The average molecular weight is 1300 g/mol. The van der Waals surface area contributed by atoms with Crippen LogP contribution in [0.25, 0.3) is 138 Å². The Morgan fingerprint density at radius 2 is 0.671 bits per heavy atom. The van der Waals surface area contributed by atoms with E-state index in [9.17, 15) is 0 Å². The van der Waals surface area contributed by atoms with Crippen molar-refractivity contribution in [2.24, 2.45) is 0 Å². The van der Waals surface area contributed by atoms with Crippen LogP contribution < -0.4 is 0 Å². The number of pyridine rings is 2. The number of aromatic nitrogens is 10. The molecule has 8 aromatic carbocycles. The van der Waals surface area contributed by atoms with Crippen LogP contribution in [0.15, 0.2) is 195 Å². The summed E-state index contributed by atoms with van der Waals surface area (Å²) >= 11 is 0. The Morgan fingerprint density at radius 3 is 1.10 bits per heavy atom. The molecule has 0 radical (unpaired) electrons. The topological polar surface area (TPSA) is 89.1 Å². The molecule has 8 heterocycles. The van der Waals surface area contributed by atoms with Gasteiger partial charge >= 0.3 is 42.1 Å². The molecule has 10 nitrogen and oxygen atoms in total. The molecule has 0 bridgehead atoms. The largest absolute Gasteiger partial charge is 2.00 e. The Balaban J connectivity index is 0.00000247. The Hall–Kier alpha value is -8.55. The van der Waals surface area contributed by atoms with E-state index in [2.05, 4.69) is 191 Å². The molecule has 16 aromatic rings. The second-order valence-electron chi connectivity index (χ2n) is 17.9. The summed E-state index contributed by atoms with van der Waals surface area (Å²) in [7, 11) is 0. The second-order valence-corrected chi connectivity index (χ2v) is 17.9. The maximum atomic E-state index is 4.82. The van der Waals surface area contributed by atoms with Crippen molar-refractivity contribution in [2.75, 3.05) is 0 Å². The van der Waals surface area contributed by atoms with Gasteiger partial charge in [0.25, 0.3) is 5.95 Å². The van der Waals surface area contributed by atoms with Crippen molar-refractivity contribution in [3.05, 3.63) is 219 Å². The molecule has 73 heavy (non-hydrogen) atoms. The van der Waals surface area contributed by atoms with Crippen LogP contribution in [0, 0.1) is 24.3 Å². The minimum Gasteiger partial charge on any atom is -0.358 e. The SMILES string of the molecule is [Pt+2].[Pt+2].[c-]1c2c(cc3c4ccccc4n(-c4[c-]c5c(cc4)c4ccccc4n5-c4ccccn4)c13)c1cc3c4ccccc4n(-c4[c-]c5c(cc4)c4ccccc4n5-c4ccccn4)c3[c-]c1n2-c1nccnn1. The fraction of sp³-hybridized carbons (Fsp3) is 0. The number of rotatable bonds is 5. The van der Waals surface area contributed by atoms with E-state index in [4.69, 9.17) is 15.0 Å². The third-order valence-electron chi connectivity index (χ3n) is 14.2. The summed E-state index contributed by atoms with van der Waals surface area (Å²) in [6.45, 7) is 0. The van der Waals surface area contributed by atoms with E-state index in [-0.39, 0.29) is 42.1 Å². The Morgan fingerprint density at radius 1 is 0.288 bits per heavy atom. The zero-order valence-electron chi connectivity index (χ0n) is 38.1. The molecule has 8 aromatic heterocycles. The average Bonchev–Trinajstić information content (AvgIpc) is 4.21. The molecule has 0 unspecified atom stereocenters. The molecule has 0 saturated carbocycles. The molecular formula is C61H32N10Pt2. The van der Waals surface area contributed by atoms with E-state index < -0.39 is 0 Å². The Bertz CT molecular complexity index is 4590. The summed E-state index contributed by atoms with van der Waals surface area (Å²) in [6, 6.07) is 75.1. The van der Waals surface area contributed by atoms with Crippen molar-refractivity contribution in [1.29, 1.82) is 0 Å². The molecule has 0 saturated heterocycles. The van der Waals surface area contributed by atoms with E-state index in [1.807, 2.05) is 48.8 Å². The predicted octanol–water partition coefficient (Wildman–Crippen LogP) is 13.3. The molecule has 0 aliphatic rings. The molecule has 0 aliphatic carbocycles. The smallest absolute Gasteiger partial charge is 0.358 e. The van der Waals surface area contributed by atoms with E-state index in [1.54, 1.807) is 12.4 Å². The zero-order valence-corrected chi connectivity index (χ0v) is 42.6. The fourth-order valence-electron chi connectivity index (χ4n) is 11.2. The summed E-state index contributed by atoms with van der Waals surface area (Å²) in [5, 5.41) is 19.8. The summed E-state index contributed by atoms with van der Waals surface area (Å²) in [5.41, 5.74) is 11.3. The fourth-order valence-corrected chi connectivity index (χ4v) is 11.2. The number of hydrogen-bond acceptors (Lipinski definition) is 5. The maximum Gasteiger partial charge on any atom is 2.00 e. The van der Waals surface area contributed by atoms with Crippen LogP contribution in [0.4, 0.5) is 0 Å². The van der Waals surface area contributed by atoms with Crippen molar-refractivity contribution in [2.45, 2.75) is 0 Å². The second kappa shape index (κ2) is 16.5. The predicted molar refractivity (Wildman–Crippen MR) is 282 cm³/mol. The molecule has 0 N–H and O–H groups in total. The summed E-state index contributed by atoms with van der Waals surface area (Å²) in [4.78, 5) is 14.4. The van der Waals surface area contributed by atoms with Crippen molar-refractivity contribution in [3.63, 3.8) is 0 Å². The normalized spacial score (nSPS) is 11.9. The van der Waals surface area contributed by atoms with E-state index in [1.165, 1.54) is 0 Å². The molecule has 16 rings (SSSR count). The zero-order chi connectivity index (χ0) is 46.3. The molecule has 0 fully saturated rings. The van der Waals surface area contributed by atoms with Crippen LogP contribution in [0.2, 0.25) is 0 Å². The number of fused-ring (bicyclic) bond motifs is 15. The van der Waals surface area contributed by atoms with Gasteiger partial charge in [-0.2, -0.15) is 40.1 Å². The Labute approximate surface area is 443 Å². The van der Waals surface area contributed by atoms with Gasteiger partial charge in [0.05, 0.1) is 12.4 Å². The molecule has 346 valence electrons. The third kappa shape index (κ3) is 6.14. The van der Waals surface area contributed by atoms with Crippen molar-refractivity contribution in [3.8, 4) is 29.0 Å². The van der Waals surface area contributed by atoms with E-state index >= 15 is 0 Å². The van der Waals surface area contributed by atoms with Gasteiger partial charge in [-0.15, -0.1) is 63.0 Å². The monoisotopic (exact) mass is 1290 g/mol. The van der Waals surface area contributed by atoms with Gasteiger partial charge in [-0.3, -0.25) is 0 Å². The minimum atomic E-state index is 0.